The van der Waals surface area contributed by atoms with Gasteiger partial charge < -0.3 is 11.1 Å². The molecule has 0 radical (unpaired) electrons. The maximum absolute atomic E-state index is 13.2. The van der Waals surface area contributed by atoms with Crippen LogP contribution in [0.25, 0.3) is 21.8 Å². The molecule has 3 aromatic heterocycles. The van der Waals surface area contributed by atoms with Crippen molar-refractivity contribution in [3.63, 3.8) is 0 Å². The SMILES string of the molecule is Cc1cnc2ccc(Cn3nc(C(=O)NCc4c(C)cc(N)nc4C)c4ccccc43)cc2c1. The molecule has 2 aromatic carbocycles. The van der Waals surface area contributed by atoms with E-state index in [1.54, 1.807) is 0 Å². The van der Waals surface area contributed by atoms with Crippen LogP contribution in [0.1, 0.15) is 38.4 Å². The Kier molecular flexibility index (Phi) is 5.45. The maximum Gasteiger partial charge on any atom is 0.272 e. The fourth-order valence-corrected chi connectivity index (χ4v) is 4.39. The molecule has 0 saturated heterocycles. The van der Waals surface area contributed by atoms with Gasteiger partial charge in [-0.2, -0.15) is 5.10 Å². The first-order chi connectivity index (χ1) is 16.4. The number of rotatable bonds is 5. The van der Waals surface area contributed by atoms with Gasteiger partial charge in [-0.05, 0) is 73.4 Å². The van der Waals surface area contributed by atoms with Crippen molar-refractivity contribution in [2.24, 2.45) is 0 Å². The Hall–Kier alpha value is -4.26. The third-order valence-corrected chi connectivity index (χ3v) is 6.09. The van der Waals surface area contributed by atoms with Gasteiger partial charge in [-0.3, -0.25) is 14.5 Å². The monoisotopic (exact) mass is 450 g/mol. The summed E-state index contributed by atoms with van der Waals surface area (Å²) < 4.78 is 1.88. The first-order valence-corrected chi connectivity index (χ1v) is 11.2. The van der Waals surface area contributed by atoms with Crippen molar-refractivity contribution < 1.29 is 4.79 Å². The second kappa shape index (κ2) is 8.59. The number of nitrogens with two attached hydrogens (primary N) is 1. The highest BCUT2D eigenvalue weighted by atomic mass is 16.1. The van der Waals surface area contributed by atoms with Crippen LogP contribution in [0.4, 0.5) is 5.82 Å². The highest BCUT2D eigenvalue weighted by Gasteiger charge is 2.18. The van der Waals surface area contributed by atoms with Crippen LogP contribution in [-0.4, -0.2) is 25.7 Å². The molecule has 7 nitrogen and oxygen atoms in total. The van der Waals surface area contributed by atoms with Crippen LogP contribution >= 0.6 is 0 Å². The highest BCUT2D eigenvalue weighted by Crippen LogP contribution is 2.22. The maximum atomic E-state index is 13.2. The number of aryl methyl sites for hydroxylation is 3. The number of carbonyl (C=O) groups excluding carboxylic acids is 1. The van der Waals surface area contributed by atoms with Gasteiger partial charge in [-0.25, -0.2) is 4.98 Å². The summed E-state index contributed by atoms with van der Waals surface area (Å²) in [4.78, 5) is 22.0. The molecule has 5 aromatic rings. The van der Waals surface area contributed by atoms with Gasteiger partial charge in [-0.1, -0.05) is 24.3 Å². The molecule has 3 heterocycles. The van der Waals surface area contributed by atoms with Crippen LogP contribution in [0.15, 0.2) is 60.8 Å². The molecular weight excluding hydrogens is 424 g/mol. The van der Waals surface area contributed by atoms with Crippen molar-refractivity contribution in [1.82, 2.24) is 25.1 Å². The number of amides is 1. The molecule has 34 heavy (non-hydrogen) atoms. The Labute approximate surface area is 197 Å². The van der Waals surface area contributed by atoms with Gasteiger partial charge in [0.2, 0.25) is 0 Å². The highest BCUT2D eigenvalue weighted by molar-refractivity contribution is 6.04. The Morgan fingerprint density at radius 2 is 1.88 bits per heavy atom. The average molecular weight is 451 g/mol. The molecule has 7 heteroatoms. The lowest BCUT2D eigenvalue weighted by Gasteiger charge is -2.11. The van der Waals surface area contributed by atoms with Crippen LogP contribution < -0.4 is 11.1 Å². The standard InChI is InChI=1S/C27H26N6O/c1-16-10-20-12-19(8-9-23(20)29-13-16)15-33-24-7-5-4-6-21(24)26(32-33)27(34)30-14-22-17(2)11-25(28)31-18(22)3/h4-13H,14-15H2,1-3H3,(H2,28,31)(H,30,34). The van der Waals surface area contributed by atoms with Gasteiger partial charge in [0, 0.05) is 29.2 Å². The van der Waals surface area contributed by atoms with Gasteiger partial charge in [0.1, 0.15) is 5.82 Å². The lowest BCUT2D eigenvalue weighted by molar-refractivity contribution is 0.0946. The van der Waals surface area contributed by atoms with E-state index in [0.29, 0.717) is 24.6 Å². The van der Waals surface area contributed by atoms with Crippen LogP contribution in [-0.2, 0) is 13.1 Å². The summed E-state index contributed by atoms with van der Waals surface area (Å²) in [7, 11) is 0. The molecule has 0 spiro atoms. The molecule has 170 valence electrons. The van der Waals surface area contributed by atoms with E-state index >= 15 is 0 Å². The van der Waals surface area contributed by atoms with E-state index in [1.807, 2.05) is 68.0 Å². The average Bonchev–Trinajstić information content (AvgIpc) is 3.16. The molecule has 0 saturated carbocycles. The summed E-state index contributed by atoms with van der Waals surface area (Å²) in [5.41, 5.74) is 13.1. The van der Waals surface area contributed by atoms with E-state index in [0.717, 1.165) is 49.8 Å². The predicted octanol–water partition coefficient (Wildman–Crippen LogP) is 4.47. The minimum Gasteiger partial charge on any atom is -0.384 e. The zero-order valence-electron chi connectivity index (χ0n) is 19.5. The van der Waals surface area contributed by atoms with Crippen molar-refractivity contribution in [2.45, 2.75) is 33.9 Å². The van der Waals surface area contributed by atoms with Gasteiger partial charge in [0.25, 0.3) is 5.91 Å². The van der Waals surface area contributed by atoms with Crippen LogP contribution in [0.5, 0.6) is 0 Å². The Bertz CT molecular complexity index is 1530. The molecule has 5 rings (SSSR count). The summed E-state index contributed by atoms with van der Waals surface area (Å²) in [6.07, 6.45) is 1.87. The van der Waals surface area contributed by atoms with Crippen molar-refractivity contribution in [3.05, 3.63) is 94.4 Å². The first-order valence-electron chi connectivity index (χ1n) is 11.2. The largest absolute Gasteiger partial charge is 0.384 e. The number of nitrogen functional groups attached to an aromatic ring is 1. The Morgan fingerprint density at radius 3 is 2.71 bits per heavy atom. The topological polar surface area (TPSA) is 98.7 Å². The fourth-order valence-electron chi connectivity index (χ4n) is 4.39. The predicted molar refractivity (Wildman–Crippen MR) is 135 cm³/mol. The summed E-state index contributed by atoms with van der Waals surface area (Å²) >= 11 is 0. The minimum atomic E-state index is -0.219. The summed E-state index contributed by atoms with van der Waals surface area (Å²) in [5, 5.41) is 9.63. The lowest BCUT2D eigenvalue weighted by Crippen LogP contribution is -2.25. The molecule has 0 aliphatic heterocycles. The van der Waals surface area contributed by atoms with Crippen LogP contribution in [0, 0.1) is 20.8 Å². The normalized spacial score (nSPS) is 11.3. The number of aromatic nitrogens is 4. The quantitative estimate of drug-likeness (QED) is 0.412. The number of benzene rings is 2. The number of para-hydroxylation sites is 1. The van der Waals surface area contributed by atoms with E-state index in [1.165, 1.54) is 0 Å². The molecule has 3 N–H and O–H groups in total. The van der Waals surface area contributed by atoms with E-state index in [4.69, 9.17) is 10.8 Å². The van der Waals surface area contributed by atoms with Crippen LogP contribution in [0.3, 0.4) is 0 Å². The van der Waals surface area contributed by atoms with E-state index in [9.17, 15) is 4.79 Å². The Morgan fingerprint density at radius 1 is 1.06 bits per heavy atom. The number of anilines is 1. The van der Waals surface area contributed by atoms with Crippen molar-refractivity contribution >= 4 is 33.5 Å². The molecule has 0 aliphatic rings. The van der Waals surface area contributed by atoms with Gasteiger partial charge in [0.05, 0.1) is 17.6 Å². The molecular formula is C27H26N6O. The molecule has 0 atom stereocenters. The van der Waals surface area contributed by atoms with Gasteiger partial charge >= 0.3 is 0 Å². The Balaban J connectivity index is 1.44. The fraction of sp³-hybridized carbons (Fsp3) is 0.185. The van der Waals surface area contributed by atoms with E-state index in [-0.39, 0.29) is 5.91 Å². The number of nitrogens with one attached hydrogen (secondary N) is 1. The van der Waals surface area contributed by atoms with Crippen LogP contribution in [0.2, 0.25) is 0 Å². The number of fused-ring (bicyclic) bond motifs is 2. The van der Waals surface area contributed by atoms with E-state index < -0.39 is 0 Å². The number of pyridine rings is 2. The molecule has 1 amide bonds. The molecule has 0 unspecified atom stereocenters. The number of carbonyl (C=O) groups is 1. The van der Waals surface area contributed by atoms with E-state index in [2.05, 4.69) is 33.5 Å². The number of hydrogen-bond acceptors (Lipinski definition) is 5. The zero-order valence-corrected chi connectivity index (χ0v) is 19.5. The minimum absolute atomic E-state index is 0.219. The third-order valence-electron chi connectivity index (χ3n) is 6.09. The second-order valence-corrected chi connectivity index (χ2v) is 8.67. The first kappa shape index (κ1) is 21.6. The van der Waals surface area contributed by atoms with Crippen molar-refractivity contribution in [2.75, 3.05) is 5.73 Å². The zero-order chi connectivity index (χ0) is 23.8. The second-order valence-electron chi connectivity index (χ2n) is 8.67. The molecule has 0 bridgehead atoms. The lowest BCUT2D eigenvalue weighted by atomic mass is 10.1. The molecule has 0 fully saturated rings. The van der Waals surface area contributed by atoms with Crippen molar-refractivity contribution in [1.29, 1.82) is 0 Å². The van der Waals surface area contributed by atoms with Crippen molar-refractivity contribution in [3.8, 4) is 0 Å². The summed E-state index contributed by atoms with van der Waals surface area (Å²) in [6.45, 7) is 6.82. The smallest absolute Gasteiger partial charge is 0.272 e. The summed E-state index contributed by atoms with van der Waals surface area (Å²) in [6, 6.07) is 18.0. The number of nitrogens with zero attached hydrogens (tertiary/aromatic N) is 4. The van der Waals surface area contributed by atoms with Gasteiger partial charge in [-0.15, -0.1) is 0 Å². The van der Waals surface area contributed by atoms with Gasteiger partial charge in [0.15, 0.2) is 5.69 Å². The number of hydrogen-bond donors (Lipinski definition) is 2. The molecule has 0 aliphatic carbocycles. The summed E-state index contributed by atoms with van der Waals surface area (Å²) in [5.74, 6) is 0.262. The third kappa shape index (κ3) is 4.08.